The molecule has 3 heterocycles. The van der Waals surface area contributed by atoms with Crippen LogP contribution in [0.5, 0.6) is 5.75 Å². The standard InChI is InChI=1S/C35H35N3O/c1-34(2,3)27-16-23(17-28(20-27)35(4,5)6)24-18-31(38-32(19-24)29-11-7-8-13-33(29)39)26-15-25(21-36-22-26)30-12-9-10-14-37-30/h7-22,39H,1-6H3. The maximum Gasteiger partial charge on any atom is 0.124 e. The van der Waals surface area contributed by atoms with E-state index in [9.17, 15) is 5.11 Å². The summed E-state index contributed by atoms with van der Waals surface area (Å²) in [7, 11) is 0. The van der Waals surface area contributed by atoms with Gasteiger partial charge in [0, 0.05) is 35.3 Å². The summed E-state index contributed by atoms with van der Waals surface area (Å²) < 4.78 is 0. The van der Waals surface area contributed by atoms with Gasteiger partial charge in [-0.2, -0.15) is 0 Å². The lowest BCUT2D eigenvalue weighted by molar-refractivity contribution is 0.477. The van der Waals surface area contributed by atoms with Crippen LogP contribution < -0.4 is 0 Å². The topological polar surface area (TPSA) is 58.9 Å². The second-order valence-electron chi connectivity index (χ2n) is 12.1. The molecule has 0 spiro atoms. The monoisotopic (exact) mass is 513 g/mol. The lowest BCUT2D eigenvalue weighted by Crippen LogP contribution is -2.16. The summed E-state index contributed by atoms with van der Waals surface area (Å²) in [5.41, 5.74) is 9.58. The van der Waals surface area contributed by atoms with E-state index >= 15 is 0 Å². The highest BCUT2D eigenvalue weighted by atomic mass is 16.3. The van der Waals surface area contributed by atoms with Crippen LogP contribution in [0.15, 0.2) is 97.5 Å². The van der Waals surface area contributed by atoms with Crippen molar-refractivity contribution in [2.45, 2.75) is 52.4 Å². The average Bonchev–Trinajstić information content (AvgIpc) is 2.92. The third-order valence-electron chi connectivity index (χ3n) is 7.00. The van der Waals surface area contributed by atoms with Crippen molar-refractivity contribution in [1.29, 1.82) is 0 Å². The maximum absolute atomic E-state index is 10.7. The van der Waals surface area contributed by atoms with Gasteiger partial charge in [-0.3, -0.25) is 9.97 Å². The van der Waals surface area contributed by atoms with Crippen molar-refractivity contribution in [2.24, 2.45) is 0 Å². The highest BCUT2D eigenvalue weighted by molar-refractivity contribution is 5.80. The molecule has 0 aliphatic carbocycles. The lowest BCUT2D eigenvalue weighted by Gasteiger charge is -2.26. The van der Waals surface area contributed by atoms with Crippen molar-refractivity contribution < 1.29 is 5.11 Å². The Labute approximate surface area is 231 Å². The van der Waals surface area contributed by atoms with Crippen LogP contribution in [0.25, 0.3) is 44.9 Å². The molecular weight excluding hydrogens is 478 g/mol. The Hall–Kier alpha value is -4.31. The van der Waals surface area contributed by atoms with E-state index in [2.05, 4.69) is 87.9 Å². The maximum atomic E-state index is 10.7. The predicted molar refractivity (Wildman–Crippen MR) is 161 cm³/mol. The van der Waals surface area contributed by atoms with Crippen molar-refractivity contribution in [3.63, 3.8) is 0 Å². The van der Waals surface area contributed by atoms with Gasteiger partial charge in [-0.05, 0) is 75.5 Å². The Morgan fingerprint density at radius 3 is 1.77 bits per heavy atom. The lowest BCUT2D eigenvalue weighted by atomic mass is 9.79. The summed E-state index contributed by atoms with van der Waals surface area (Å²) in [6.07, 6.45) is 5.44. The number of hydrogen-bond acceptors (Lipinski definition) is 4. The smallest absolute Gasteiger partial charge is 0.124 e. The quantitative estimate of drug-likeness (QED) is 0.261. The normalized spacial score (nSPS) is 11.9. The highest BCUT2D eigenvalue weighted by Gasteiger charge is 2.22. The number of aromatic nitrogens is 3. The number of pyridine rings is 3. The van der Waals surface area contributed by atoms with Crippen LogP contribution in [0.3, 0.4) is 0 Å². The van der Waals surface area contributed by atoms with Crippen molar-refractivity contribution in [3.8, 4) is 50.6 Å². The van der Waals surface area contributed by atoms with Crippen LogP contribution in [0.2, 0.25) is 0 Å². The zero-order valence-electron chi connectivity index (χ0n) is 23.5. The fraction of sp³-hybridized carbons (Fsp3) is 0.229. The third kappa shape index (κ3) is 5.75. The molecule has 0 bridgehead atoms. The van der Waals surface area contributed by atoms with E-state index in [1.807, 2.05) is 48.8 Å². The number of benzene rings is 2. The van der Waals surface area contributed by atoms with E-state index < -0.39 is 0 Å². The molecule has 5 rings (SSSR count). The van der Waals surface area contributed by atoms with E-state index in [4.69, 9.17) is 4.98 Å². The summed E-state index contributed by atoms with van der Waals surface area (Å²) in [5.74, 6) is 0.201. The minimum Gasteiger partial charge on any atom is -0.507 e. The van der Waals surface area contributed by atoms with Crippen molar-refractivity contribution >= 4 is 0 Å². The fourth-order valence-corrected chi connectivity index (χ4v) is 4.59. The molecule has 0 aliphatic rings. The highest BCUT2D eigenvalue weighted by Crippen LogP contribution is 2.38. The van der Waals surface area contributed by atoms with Crippen molar-refractivity contribution in [3.05, 3.63) is 109 Å². The number of rotatable bonds is 4. The van der Waals surface area contributed by atoms with Crippen molar-refractivity contribution in [1.82, 2.24) is 15.0 Å². The summed E-state index contributed by atoms with van der Waals surface area (Å²) >= 11 is 0. The average molecular weight is 514 g/mol. The first-order valence-corrected chi connectivity index (χ1v) is 13.3. The first kappa shape index (κ1) is 26.3. The summed E-state index contributed by atoms with van der Waals surface area (Å²) in [6, 6.07) is 26.4. The fourth-order valence-electron chi connectivity index (χ4n) is 4.59. The third-order valence-corrected chi connectivity index (χ3v) is 7.00. The number of nitrogens with zero attached hydrogens (tertiary/aromatic N) is 3. The van der Waals surface area contributed by atoms with Gasteiger partial charge < -0.3 is 5.11 Å². The van der Waals surface area contributed by atoms with Gasteiger partial charge in [0.2, 0.25) is 0 Å². The Balaban J connectivity index is 1.75. The molecule has 3 aromatic heterocycles. The van der Waals surface area contributed by atoms with E-state index in [-0.39, 0.29) is 16.6 Å². The van der Waals surface area contributed by atoms with Gasteiger partial charge in [-0.15, -0.1) is 0 Å². The number of para-hydroxylation sites is 1. The zero-order valence-corrected chi connectivity index (χ0v) is 23.5. The number of phenols is 1. The van der Waals surface area contributed by atoms with Gasteiger partial charge in [-0.25, -0.2) is 4.98 Å². The van der Waals surface area contributed by atoms with Gasteiger partial charge in [0.15, 0.2) is 0 Å². The second kappa shape index (κ2) is 10.1. The molecule has 0 saturated heterocycles. The Morgan fingerprint density at radius 2 is 1.15 bits per heavy atom. The molecule has 0 atom stereocenters. The van der Waals surface area contributed by atoms with Crippen LogP contribution in [0, 0.1) is 0 Å². The molecule has 0 radical (unpaired) electrons. The van der Waals surface area contributed by atoms with E-state index in [1.54, 1.807) is 12.3 Å². The van der Waals surface area contributed by atoms with E-state index in [0.29, 0.717) is 11.3 Å². The summed E-state index contributed by atoms with van der Waals surface area (Å²) in [5, 5.41) is 10.7. The molecule has 0 fully saturated rings. The van der Waals surface area contributed by atoms with Crippen LogP contribution >= 0.6 is 0 Å². The molecule has 4 nitrogen and oxygen atoms in total. The Morgan fingerprint density at radius 1 is 0.564 bits per heavy atom. The van der Waals surface area contributed by atoms with Gasteiger partial charge in [0.25, 0.3) is 0 Å². The largest absolute Gasteiger partial charge is 0.507 e. The van der Waals surface area contributed by atoms with Gasteiger partial charge in [0.05, 0.1) is 17.1 Å². The summed E-state index contributed by atoms with van der Waals surface area (Å²) in [6.45, 7) is 13.5. The van der Waals surface area contributed by atoms with Crippen LogP contribution in [0.4, 0.5) is 0 Å². The molecule has 2 aromatic carbocycles. The number of aromatic hydroxyl groups is 1. The molecule has 0 aliphatic heterocycles. The Bertz CT molecular complexity index is 1590. The first-order chi connectivity index (χ1) is 18.5. The molecule has 0 unspecified atom stereocenters. The van der Waals surface area contributed by atoms with Gasteiger partial charge in [-0.1, -0.05) is 77.9 Å². The molecule has 39 heavy (non-hydrogen) atoms. The Kier molecular flexibility index (Phi) is 6.82. The first-order valence-electron chi connectivity index (χ1n) is 13.3. The number of hydrogen-bond donors (Lipinski definition) is 1. The van der Waals surface area contributed by atoms with Crippen LogP contribution in [0.1, 0.15) is 52.7 Å². The molecule has 0 amide bonds. The molecule has 196 valence electrons. The molecule has 0 saturated carbocycles. The molecule has 5 aromatic rings. The molecular formula is C35H35N3O. The second-order valence-corrected chi connectivity index (χ2v) is 12.1. The minimum absolute atomic E-state index is 0.00661. The van der Waals surface area contributed by atoms with Crippen LogP contribution in [-0.4, -0.2) is 20.1 Å². The van der Waals surface area contributed by atoms with Crippen molar-refractivity contribution in [2.75, 3.05) is 0 Å². The predicted octanol–water partition coefficient (Wildman–Crippen LogP) is 8.84. The zero-order chi connectivity index (χ0) is 27.8. The number of phenolic OH excluding ortho intramolecular Hbond substituents is 1. The van der Waals surface area contributed by atoms with Gasteiger partial charge in [0.1, 0.15) is 5.75 Å². The van der Waals surface area contributed by atoms with E-state index in [0.717, 1.165) is 33.6 Å². The minimum atomic E-state index is -0.00661. The summed E-state index contributed by atoms with van der Waals surface area (Å²) in [4.78, 5) is 14.0. The van der Waals surface area contributed by atoms with Crippen LogP contribution in [-0.2, 0) is 10.8 Å². The van der Waals surface area contributed by atoms with E-state index in [1.165, 1.54) is 11.1 Å². The SMILES string of the molecule is CC(C)(C)c1cc(-c2cc(-c3cncc(-c4ccccn4)c3)nc(-c3ccccc3O)c2)cc(C(C)(C)C)c1. The molecule has 4 heteroatoms. The van der Waals surface area contributed by atoms with Gasteiger partial charge >= 0.3 is 0 Å². The molecule has 1 N–H and O–H groups in total.